The maximum atomic E-state index is 6.44. The monoisotopic (exact) mass is 444 g/mol. The molecule has 0 aliphatic carbocycles. The molecule has 2 heterocycles. The van der Waals surface area contributed by atoms with Crippen molar-refractivity contribution < 1.29 is 14.2 Å². The first-order valence-corrected chi connectivity index (χ1v) is 11.9. The van der Waals surface area contributed by atoms with Crippen LogP contribution >= 0.6 is 11.6 Å². The van der Waals surface area contributed by atoms with E-state index in [0.29, 0.717) is 19.8 Å². The molecule has 1 saturated heterocycles. The van der Waals surface area contributed by atoms with Crippen molar-refractivity contribution in [3.8, 4) is 17.2 Å². The van der Waals surface area contributed by atoms with Crippen LogP contribution in [0.15, 0.2) is 36.4 Å². The van der Waals surface area contributed by atoms with Crippen LogP contribution in [0.5, 0.6) is 17.2 Å². The fourth-order valence-electron chi connectivity index (χ4n) is 4.27. The van der Waals surface area contributed by atoms with E-state index in [1.807, 2.05) is 24.3 Å². The third-order valence-corrected chi connectivity index (χ3v) is 6.31. The molecular formula is C25H33ClN2O3. The van der Waals surface area contributed by atoms with Crippen LogP contribution in [0.2, 0.25) is 5.02 Å². The van der Waals surface area contributed by atoms with Gasteiger partial charge in [-0.3, -0.25) is 4.90 Å². The smallest absolute Gasteiger partial charge is 0.184 e. The summed E-state index contributed by atoms with van der Waals surface area (Å²) in [5, 5.41) is 0.717. The molecule has 31 heavy (non-hydrogen) atoms. The SMILES string of the molecule is CCCCCc1cccc(Cl)c1OCCN1CCN(c2cccc3c2OCCO3)CC1. The molecule has 0 spiro atoms. The summed E-state index contributed by atoms with van der Waals surface area (Å²) < 4.78 is 17.8. The number of para-hydroxylation sites is 2. The normalized spacial score (nSPS) is 16.4. The Morgan fingerprint density at radius 2 is 1.77 bits per heavy atom. The van der Waals surface area contributed by atoms with Gasteiger partial charge in [0.1, 0.15) is 25.6 Å². The lowest BCUT2D eigenvalue weighted by molar-refractivity contribution is 0.170. The van der Waals surface area contributed by atoms with E-state index in [-0.39, 0.29) is 0 Å². The first-order valence-electron chi connectivity index (χ1n) is 11.5. The standard InChI is InChI=1S/C25H33ClN2O3/c1-2-3-4-7-20-8-5-9-21(26)24(20)30-17-16-27-12-14-28(15-13-27)22-10-6-11-23-25(22)31-19-18-29-23/h5-6,8-11H,2-4,7,12-19H2,1H3. The zero-order valence-corrected chi connectivity index (χ0v) is 19.2. The van der Waals surface area contributed by atoms with Crippen molar-refractivity contribution in [2.24, 2.45) is 0 Å². The highest BCUT2D eigenvalue weighted by atomic mass is 35.5. The van der Waals surface area contributed by atoms with Gasteiger partial charge in [0.15, 0.2) is 11.5 Å². The van der Waals surface area contributed by atoms with Crippen molar-refractivity contribution in [3.63, 3.8) is 0 Å². The fourth-order valence-corrected chi connectivity index (χ4v) is 4.52. The third-order valence-electron chi connectivity index (χ3n) is 6.01. The van der Waals surface area contributed by atoms with Gasteiger partial charge < -0.3 is 19.1 Å². The Bertz CT molecular complexity index is 853. The summed E-state index contributed by atoms with van der Waals surface area (Å²) in [7, 11) is 0. The van der Waals surface area contributed by atoms with Gasteiger partial charge in [-0.1, -0.05) is 49.6 Å². The zero-order valence-electron chi connectivity index (χ0n) is 18.4. The zero-order chi connectivity index (χ0) is 21.5. The van der Waals surface area contributed by atoms with Crippen molar-refractivity contribution in [3.05, 3.63) is 47.0 Å². The van der Waals surface area contributed by atoms with Crippen molar-refractivity contribution in [1.29, 1.82) is 0 Å². The number of hydrogen-bond acceptors (Lipinski definition) is 5. The minimum absolute atomic E-state index is 0.615. The summed E-state index contributed by atoms with van der Waals surface area (Å²) in [6.07, 6.45) is 4.65. The minimum Gasteiger partial charge on any atom is -0.490 e. The minimum atomic E-state index is 0.615. The number of benzene rings is 2. The molecule has 0 unspecified atom stereocenters. The van der Waals surface area contributed by atoms with E-state index in [1.54, 1.807) is 0 Å². The molecule has 2 aromatic carbocycles. The highest BCUT2D eigenvalue weighted by Gasteiger charge is 2.23. The summed E-state index contributed by atoms with van der Waals surface area (Å²) in [5.41, 5.74) is 2.36. The molecule has 2 aliphatic rings. The molecule has 0 bridgehead atoms. The van der Waals surface area contributed by atoms with Gasteiger partial charge in [-0.25, -0.2) is 0 Å². The number of nitrogens with zero attached hydrogens (tertiary/aromatic N) is 2. The van der Waals surface area contributed by atoms with Crippen LogP contribution in [0, 0.1) is 0 Å². The molecule has 2 aromatic rings. The molecule has 0 aromatic heterocycles. The topological polar surface area (TPSA) is 34.2 Å². The van der Waals surface area contributed by atoms with Gasteiger partial charge in [0.05, 0.1) is 10.7 Å². The molecule has 168 valence electrons. The van der Waals surface area contributed by atoms with Crippen LogP contribution in [-0.4, -0.2) is 57.4 Å². The second-order valence-corrected chi connectivity index (χ2v) is 8.57. The predicted octanol–water partition coefficient (Wildman–Crippen LogP) is 5.04. The first-order chi connectivity index (χ1) is 15.3. The Balaban J connectivity index is 1.27. The molecule has 5 nitrogen and oxygen atoms in total. The molecule has 2 aliphatic heterocycles. The molecular weight excluding hydrogens is 412 g/mol. The van der Waals surface area contributed by atoms with Crippen molar-refractivity contribution in [1.82, 2.24) is 4.90 Å². The average molecular weight is 445 g/mol. The van der Waals surface area contributed by atoms with E-state index in [2.05, 4.69) is 28.9 Å². The van der Waals surface area contributed by atoms with Gasteiger partial charge in [0, 0.05) is 32.7 Å². The van der Waals surface area contributed by atoms with Gasteiger partial charge in [-0.05, 0) is 36.6 Å². The largest absolute Gasteiger partial charge is 0.490 e. The number of ether oxygens (including phenoxy) is 3. The summed E-state index contributed by atoms with van der Waals surface area (Å²) in [5.74, 6) is 2.61. The number of hydrogen-bond donors (Lipinski definition) is 0. The van der Waals surface area contributed by atoms with Crippen LogP contribution in [-0.2, 0) is 6.42 Å². The number of halogens is 1. The number of aryl methyl sites for hydroxylation is 1. The van der Waals surface area contributed by atoms with Gasteiger partial charge in [0.25, 0.3) is 0 Å². The lowest BCUT2D eigenvalue weighted by atomic mass is 10.1. The van der Waals surface area contributed by atoms with E-state index in [4.69, 9.17) is 25.8 Å². The molecule has 0 N–H and O–H groups in total. The molecule has 0 amide bonds. The lowest BCUT2D eigenvalue weighted by Crippen LogP contribution is -2.47. The number of unbranched alkanes of at least 4 members (excludes halogenated alkanes) is 2. The fraction of sp³-hybridized carbons (Fsp3) is 0.520. The van der Waals surface area contributed by atoms with E-state index >= 15 is 0 Å². The Labute approximate surface area is 190 Å². The Morgan fingerprint density at radius 3 is 2.61 bits per heavy atom. The molecule has 6 heteroatoms. The lowest BCUT2D eigenvalue weighted by Gasteiger charge is -2.37. The molecule has 4 rings (SSSR count). The number of piperazine rings is 1. The highest BCUT2D eigenvalue weighted by molar-refractivity contribution is 6.32. The maximum Gasteiger partial charge on any atom is 0.184 e. The van der Waals surface area contributed by atoms with Crippen molar-refractivity contribution in [2.45, 2.75) is 32.6 Å². The van der Waals surface area contributed by atoms with Crippen LogP contribution in [0.4, 0.5) is 5.69 Å². The highest BCUT2D eigenvalue weighted by Crippen LogP contribution is 2.39. The van der Waals surface area contributed by atoms with Crippen LogP contribution in [0.25, 0.3) is 0 Å². The third kappa shape index (κ3) is 5.58. The maximum absolute atomic E-state index is 6.44. The quantitative estimate of drug-likeness (QED) is 0.506. The van der Waals surface area contributed by atoms with E-state index < -0.39 is 0 Å². The van der Waals surface area contributed by atoms with Crippen molar-refractivity contribution >= 4 is 17.3 Å². The van der Waals surface area contributed by atoms with Gasteiger partial charge in [-0.2, -0.15) is 0 Å². The predicted molar refractivity (Wildman–Crippen MR) is 126 cm³/mol. The average Bonchev–Trinajstić information content (AvgIpc) is 2.81. The number of rotatable bonds is 9. The van der Waals surface area contributed by atoms with E-state index in [0.717, 1.165) is 67.1 Å². The molecule has 0 saturated carbocycles. The van der Waals surface area contributed by atoms with Crippen LogP contribution in [0.1, 0.15) is 31.7 Å². The number of anilines is 1. The summed E-state index contributed by atoms with van der Waals surface area (Å²) >= 11 is 6.44. The van der Waals surface area contributed by atoms with E-state index in [1.165, 1.54) is 24.8 Å². The first kappa shape index (κ1) is 22.1. The molecule has 1 fully saturated rings. The summed E-state index contributed by atoms with van der Waals surface area (Å²) in [6.45, 7) is 8.95. The second-order valence-electron chi connectivity index (χ2n) is 8.16. The number of fused-ring (bicyclic) bond motifs is 1. The summed E-state index contributed by atoms with van der Waals surface area (Å²) in [6, 6.07) is 12.2. The van der Waals surface area contributed by atoms with Crippen LogP contribution in [0.3, 0.4) is 0 Å². The summed E-state index contributed by atoms with van der Waals surface area (Å²) in [4.78, 5) is 4.85. The molecule has 0 radical (unpaired) electrons. The van der Waals surface area contributed by atoms with E-state index in [9.17, 15) is 0 Å². The Hall–Kier alpha value is -2.11. The van der Waals surface area contributed by atoms with Gasteiger partial charge in [-0.15, -0.1) is 0 Å². The van der Waals surface area contributed by atoms with Crippen molar-refractivity contribution in [2.75, 3.05) is 57.4 Å². The van der Waals surface area contributed by atoms with Gasteiger partial charge in [0.2, 0.25) is 0 Å². The van der Waals surface area contributed by atoms with Gasteiger partial charge >= 0.3 is 0 Å². The second kappa shape index (κ2) is 11.0. The Morgan fingerprint density at radius 1 is 0.968 bits per heavy atom. The molecule has 0 atom stereocenters. The van der Waals surface area contributed by atoms with Crippen LogP contribution < -0.4 is 19.1 Å². The Kier molecular flexibility index (Phi) is 7.81.